The van der Waals surface area contributed by atoms with Crippen molar-refractivity contribution in [2.24, 2.45) is 0 Å². The van der Waals surface area contributed by atoms with Gasteiger partial charge in [-0.25, -0.2) is 0 Å². The van der Waals surface area contributed by atoms with Crippen molar-refractivity contribution in [1.29, 1.82) is 0 Å². The van der Waals surface area contributed by atoms with Crippen molar-refractivity contribution in [2.45, 2.75) is 16.7 Å². The van der Waals surface area contributed by atoms with Gasteiger partial charge in [0.1, 0.15) is 0 Å². The predicted octanol–water partition coefficient (Wildman–Crippen LogP) is 3.95. The Balaban J connectivity index is 2.07. The minimum atomic E-state index is -4.97. The van der Waals surface area contributed by atoms with E-state index in [9.17, 15) is 8.42 Å². The summed E-state index contributed by atoms with van der Waals surface area (Å²) in [7, 11) is -4.05. The van der Waals surface area contributed by atoms with Crippen LogP contribution < -0.4 is 10.5 Å². The number of hydrogen-bond acceptors (Lipinski definition) is 3. The van der Waals surface area contributed by atoms with Crippen LogP contribution in [0.25, 0.3) is 0 Å². The zero-order valence-corrected chi connectivity index (χ0v) is 20.9. The third-order valence-corrected chi connectivity index (χ3v) is 25.2. The quantitative estimate of drug-likeness (QED) is 0.349. The van der Waals surface area contributed by atoms with Crippen molar-refractivity contribution in [1.82, 2.24) is 0 Å². The summed E-state index contributed by atoms with van der Waals surface area (Å²) in [6.45, 7) is 1.93. The van der Waals surface area contributed by atoms with E-state index >= 15 is 0 Å². The van der Waals surface area contributed by atoms with E-state index in [0.717, 1.165) is 16.1 Å². The van der Waals surface area contributed by atoms with Gasteiger partial charge in [-0.05, 0) is 0 Å². The van der Waals surface area contributed by atoms with E-state index in [4.69, 9.17) is 2.46 Å². The molecule has 0 aliphatic rings. The zero-order valence-electron chi connectivity index (χ0n) is 17.5. The van der Waals surface area contributed by atoms with Gasteiger partial charge in [0.15, 0.2) is 0 Å². The summed E-state index contributed by atoms with van der Waals surface area (Å²) in [5.74, 6) is 0. The first-order valence-electron chi connectivity index (χ1n) is 10.1. The van der Waals surface area contributed by atoms with Crippen molar-refractivity contribution in [3.05, 3.63) is 121 Å². The van der Waals surface area contributed by atoms with Gasteiger partial charge >= 0.3 is 187 Å². The number of benzene rings is 4. The van der Waals surface area contributed by atoms with Crippen LogP contribution in [-0.2, 0) is 12.6 Å². The molecule has 0 heterocycles. The summed E-state index contributed by atoms with van der Waals surface area (Å²) in [6, 6.07) is 36.2. The third kappa shape index (κ3) is 3.85. The van der Waals surface area contributed by atoms with Gasteiger partial charge in [-0.1, -0.05) is 0 Å². The summed E-state index contributed by atoms with van der Waals surface area (Å²) in [4.78, 5) is 2.21. The van der Waals surface area contributed by atoms with E-state index in [-0.39, 0.29) is 4.90 Å². The average Bonchev–Trinajstić information content (AvgIpc) is 2.81. The van der Waals surface area contributed by atoms with Crippen LogP contribution in [0, 0.1) is 6.92 Å². The molecule has 0 unspecified atom stereocenters. The van der Waals surface area contributed by atoms with Gasteiger partial charge in [0, 0.05) is 0 Å². The van der Waals surface area contributed by atoms with E-state index in [2.05, 4.69) is 0 Å². The molecule has 0 aromatic heterocycles. The second-order valence-electron chi connectivity index (χ2n) is 7.81. The molecule has 0 bridgehead atoms. The Bertz CT molecular complexity index is 1170. The van der Waals surface area contributed by atoms with Crippen molar-refractivity contribution in [3.63, 3.8) is 0 Å². The first-order valence-corrected chi connectivity index (χ1v) is 18.9. The fraction of sp³-hybridized carbons (Fsp3) is 0.0769. The molecule has 0 spiro atoms. The molecule has 0 saturated heterocycles. The van der Waals surface area contributed by atoms with Crippen LogP contribution in [0.3, 0.4) is 0 Å². The van der Waals surface area contributed by atoms with Gasteiger partial charge in [0.25, 0.3) is 0 Å². The molecular weight excluding hydrogens is 514 g/mol. The normalized spacial score (nSPS) is 13.3. The molecule has 31 heavy (non-hydrogen) atoms. The molecule has 0 radical (unpaired) electrons. The molecule has 4 aromatic carbocycles. The summed E-state index contributed by atoms with van der Waals surface area (Å²) >= 11 is -4.97. The predicted molar refractivity (Wildman–Crippen MR) is 129 cm³/mol. The van der Waals surface area contributed by atoms with Crippen LogP contribution >= 0.6 is 0 Å². The molecule has 5 heteroatoms. The van der Waals surface area contributed by atoms with Gasteiger partial charge in [0.2, 0.25) is 0 Å². The molecule has 0 aliphatic heterocycles. The van der Waals surface area contributed by atoms with Gasteiger partial charge < -0.3 is 0 Å². The van der Waals surface area contributed by atoms with Crippen molar-refractivity contribution < 1.29 is 10.9 Å². The Labute approximate surface area is 186 Å². The van der Waals surface area contributed by atoms with Crippen LogP contribution in [0.4, 0.5) is 0 Å². The molecule has 0 saturated carbocycles. The van der Waals surface area contributed by atoms with Gasteiger partial charge in [-0.3, -0.25) is 0 Å². The van der Waals surface area contributed by atoms with Crippen molar-refractivity contribution >= 4 is 38.5 Å². The standard InChI is InChI=1S/C7H8O3S.3C6H5.CH3.Sb/c1-6-2-4-7(5-3-6)11(8,9)10;3*1-2-4-6-5-3-1;;/h2-5H,1H3,(H,8,9,10);3*1-5H;1H3;/q;;;;;+1/p-1. The van der Waals surface area contributed by atoms with E-state index in [1.165, 1.54) is 0 Å². The Morgan fingerprint density at radius 2 is 0.935 bits per heavy atom. The second kappa shape index (κ2) is 8.27. The van der Waals surface area contributed by atoms with Crippen LogP contribution in [0.15, 0.2) is 120 Å². The molecule has 4 aromatic rings. The zero-order chi connectivity index (χ0) is 22.0. The summed E-state index contributed by atoms with van der Waals surface area (Å²) < 4.78 is 36.8. The number of hydrogen-bond donors (Lipinski definition) is 0. The van der Waals surface area contributed by atoms with Crippen molar-refractivity contribution in [2.75, 3.05) is 0 Å². The number of rotatable bonds is 6. The molecular formula is C26H25O3SSb. The third-order valence-electron chi connectivity index (χ3n) is 5.73. The maximum atomic E-state index is 13.7. The average molecular weight is 539 g/mol. The Morgan fingerprint density at radius 3 is 1.29 bits per heavy atom. The topological polar surface area (TPSA) is 43.4 Å². The van der Waals surface area contributed by atoms with Gasteiger partial charge in [-0.2, -0.15) is 0 Å². The summed E-state index contributed by atoms with van der Waals surface area (Å²) in [5, 5.41) is 0. The van der Waals surface area contributed by atoms with E-state index in [1.807, 2.05) is 103 Å². The molecule has 0 amide bonds. The second-order valence-corrected chi connectivity index (χ2v) is 23.4. The summed E-state index contributed by atoms with van der Waals surface area (Å²) in [6.07, 6.45) is 0. The Hall–Kier alpha value is -2.39. The molecule has 0 fully saturated rings. The van der Waals surface area contributed by atoms with Crippen molar-refractivity contribution in [3.8, 4) is 0 Å². The van der Waals surface area contributed by atoms with Gasteiger partial charge in [-0.15, -0.1) is 0 Å². The first kappa shape index (κ1) is 21.8. The number of aryl methyl sites for hydroxylation is 1. The molecule has 158 valence electrons. The molecule has 3 nitrogen and oxygen atoms in total. The molecule has 4 rings (SSSR count). The first-order chi connectivity index (χ1) is 14.8. The van der Waals surface area contributed by atoms with Crippen LogP contribution in [0.2, 0.25) is 4.87 Å². The van der Waals surface area contributed by atoms with E-state index in [0.29, 0.717) is 0 Å². The van der Waals surface area contributed by atoms with E-state index < -0.39 is 27.9 Å². The van der Waals surface area contributed by atoms with Crippen LogP contribution in [-0.4, -0.2) is 26.2 Å². The SMILES string of the molecule is Cc1ccc(S(=O)(=O)[O][Sb]([CH3])([c]2ccccc2)([c]2ccccc2)[c]2ccccc2)cc1. The fourth-order valence-corrected chi connectivity index (χ4v) is 22.6. The van der Waals surface area contributed by atoms with E-state index in [1.54, 1.807) is 24.3 Å². The monoisotopic (exact) mass is 538 g/mol. The van der Waals surface area contributed by atoms with Crippen LogP contribution in [0.1, 0.15) is 5.56 Å². The molecule has 0 aliphatic carbocycles. The van der Waals surface area contributed by atoms with Crippen LogP contribution in [0.5, 0.6) is 0 Å². The molecule has 0 atom stereocenters. The maximum absolute atomic E-state index is 13.7. The van der Waals surface area contributed by atoms with Gasteiger partial charge in [0.05, 0.1) is 0 Å². The molecule has 0 N–H and O–H groups in total. The fourth-order valence-electron chi connectivity index (χ4n) is 3.93. The Kier molecular flexibility index (Phi) is 5.82. The Morgan fingerprint density at radius 1 is 0.581 bits per heavy atom. The minimum absolute atomic E-state index is 0.168. The summed E-state index contributed by atoms with van der Waals surface area (Å²) in [5.41, 5.74) is 0.994.